The average molecular weight is 244 g/mol. The number of hydrogen-bond donors (Lipinski definition) is 1. The number of Topliss-reactive ketones (excluding diaryl/α,β-unsaturated/α-hetero) is 1. The summed E-state index contributed by atoms with van der Waals surface area (Å²) >= 11 is 0. The number of nitrogens with zero attached hydrogens (tertiary/aromatic N) is 3. The summed E-state index contributed by atoms with van der Waals surface area (Å²) in [6, 6.07) is 7.25. The Bertz CT molecular complexity index is 560. The van der Waals surface area contributed by atoms with E-state index in [9.17, 15) is 4.79 Å². The number of benzene rings is 1. The van der Waals surface area contributed by atoms with E-state index in [0.29, 0.717) is 17.1 Å². The van der Waals surface area contributed by atoms with E-state index in [0.717, 1.165) is 0 Å². The molecule has 94 valence electrons. The maximum absolute atomic E-state index is 12.1. The lowest BCUT2D eigenvalue weighted by Gasteiger charge is -2.09. The van der Waals surface area contributed by atoms with E-state index in [1.807, 2.05) is 19.9 Å². The molecule has 0 saturated heterocycles. The van der Waals surface area contributed by atoms with Crippen LogP contribution in [0.1, 0.15) is 36.1 Å². The summed E-state index contributed by atoms with van der Waals surface area (Å²) in [5.41, 5.74) is 6.82. The summed E-state index contributed by atoms with van der Waals surface area (Å²) in [6.45, 7) is 4.00. The second-order valence-electron chi connectivity index (χ2n) is 4.40. The van der Waals surface area contributed by atoms with Crippen LogP contribution in [0.3, 0.4) is 0 Å². The molecule has 0 aliphatic rings. The molecule has 18 heavy (non-hydrogen) atoms. The van der Waals surface area contributed by atoms with Gasteiger partial charge in [-0.15, -0.1) is 0 Å². The lowest BCUT2D eigenvalue weighted by molar-refractivity contribution is 0.0990. The summed E-state index contributed by atoms with van der Waals surface area (Å²) in [5, 5.41) is 4.11. The molecule has 5 heteroatoms. The minimum Gasteiger partial charge on any atom is -0.398 e. The quantitative estimate of drug-likeness (QED) is 0.658. The molecule has 0 atom stereocenters. The van der Waals surface area contributed by atoms with Crippen LogP contribution in [0.4, 0.5) is 5.69 Å². The highest BCUT2D eigenvalue weighted by atomic mass is 16.1. The molecule has 2 rings (SSSR count). The van der Waals surface area contributed by atoms with Crippen LogP contribution in [-0.2, 0) is 6.42 Å². The second kappa shape index (κ2) is 5.00. The Hall–Kier alpha value is -2.17. The number of anilines is 1. The van der Waals surface area contributed by atoms with Crippen LogP contribution in [0.25, 0.3) is 0 Å². The maximum atomic E-state index is 12.1. The summed E-state index contributed by atoms with van der Waals surface area (Å²) < 4.78 is 1.75. The zero-order chi connectivity index (χ0) is 13.1. The van der Waals surface area contributed by atoms with Gasteiger partial charge in [0.05, 0.1) is 6.42 Å². The predicted octanol–water partition coefficient (Wildman–Crippen LogP) is 1.87. The fraction of sp³-hybridized carbons (Fsp3) is 0.308. The zero-order valence-corrected chi connectivity index (χ0v) is 10.5. The molecule has 1 heterocycles. The standard InChI is InChI=1S/C13H16N4O/c1-9(2)17-13(15-8-16-17)7-12(18)10-5-3-4-6-11(10)14/h3-6,8-9H,7,14H2,1-2H3. The smallest absolute Gasteiger partial charge is 0.172 e. The van der Waals surface area contributed by atoms with E-state index in [2.05, 4.69) is 10.1 Å². The number of carbonyl (C=O) groups excluding carboxylic acids is 1. The number of hydrogen-bond acceptors (Lipinski definition) is 4. The minimum atomic E-state index is -0.0389. The molecule has 1 aromatic heterocycles. The minimum absolute atomic E-state index is 0.0389. The van der Waals surface area contributed by atoms with Crippen molar-refractivity contribution in [3.8, 4) is 0 Å². The van der Waals surface area contributed by atoms with E-state index < -0.39 is 0 Å². The molecule has 2 N–H and O–H groups in total. The summed E-state index contributed by atoms with van der Waals surface area (Å²) in [6.07, 6.45) is 1.68. The van der Waals surface area contributed by atoms with Crippen molar-refractivity contribution in [3.05, 3.63) is 42.0 Å². The van der Waals surface area contributed by atoms with E-state index in [1.54, 1.807) is 22.9 Å². The molecular formula is C13H16N4O. The molecule has 1 aromatic carbocycles. The normalized spacial score (nSPS) is 10.8. The third kappa shape index (κ3) is 2.40. The first-order chi connectivity index (χ1) is 8.59. The van der Waals surface area contributed by atoms with Gasteiger partial charge in [-0.2, -0.15) is 5.10 Å². The van der Waals surface area contributed by atoms with E-state index in [4.69, 9.17) is 5.73 Å². The monoisotopic (exact) mass is 244 g/mol. The van der Waals surface area contributed by atoms with Gasteiger partial charge in [-0.3, -0.25) is 4.79 Å². The average Bonchev–Trinajstić information content (AvgIpc) is 2.77. The van der Waals surface area contributed by atoms with Crippen LogP contribution in [0.5, 0.6) is 0 Å². The summed E-state index contributed by atoms with van der Waals surface area (Å²) in [7, 11) is 0. The molecule has 2 aromatic rings. The van der Waals surface area contributed by atoms with Gasteiger partial charge in [-0.25, -0.2) is 9.67 Å². The van der Waals surface area contributed by atoms with Crippen LogP contribution in [-0.4, -0.2) is 20.5 Å². The Kier molecular flexibility index (Phi) is 3.41. The first kappa shape index (κ1) is 12.3. The van der Waals surface area contributed by atoms with Crippen molar-refractivity contribution in [2.75, 3.05) is 5.73 Å². The molecular weight excluding hydrogens is 228 g/mol. The number of aromatic nitrogens is 3. The van der Waals surface area contributed by atoms with Crippen molar-refractivity contribution in [3.63, 3.8) is 0 Å². The molecule has 0 unspecified atom stereocenters. The van der Waals surface area contributed by atoms with Gasteiger partial charge in [-0.1, -0.05) is 12.1 Å². The van der Waals surface area contributed by atoms with Crippen LogP contribution in [0.15, 0.2) is 30.6 Å². The van der Waals surface area contributed by atoms with Gasteiger partial charge < -0.3 is 5.73 Å². The maximum Gasteiger partial charge on any atom is 0.172 e. The van der Waals surface area contributed by atoms with Crippen molar-refractivity contribution in [1.82, 2.24) is 14.8 Å². The van der Waals surface area contributed by atoms with Gasteiger partial charge in [0, 0.05) is 17.3 Å². The molecule has 5 nitrogen and oxygen atoms in total. The first-order valence-corrected chi connectivity index (χ1v) is 5.85. The van der Waals surface area contributed by atoms with Crippen LogP contribution in [0, 0.1) is 0 Å². The lowest BCUT2D eigenvalue weighted by atomic mass is 10.1. The van der Waals surface area contributed by atoms with Crippen molar-refractivity contribution in [2.45, 2.75) is 26.3 Å². The Morgan fingerprint density at radius 1 is 1.39 bits per heavy atom. The molecule has 0 saturated carbocycles. The predicted molar refractivity (Wildman–Crippen MR) is 69.3 cm³/mol. The number of nitrogens with two attached hydrogens (primary N) is 1. The highest BCUT2D eigenvalue weighted by Crippen LogP contribution is 2.14. The molecule has 0 aliphatic heterocycles. The van der Waals surface area contributed by atoms with Crippen LogP contribution < -0.4 is 5.73 Å². The molecule has 0 spiro atoms. The lowest BCUT2D eigenvalue weighted by Crippen LogP contribution is -2.14. The summed E-state index contributed by atoms with van der Waals surface area (Å²) in [4.78, 5) is 16.3. The Morgan fingerprint density at radius 2 is 2.11 bits per heavy atom. The molecule has 0 amide bonds. The zero-order valence-electron chi connectivity index (χ0n) is 10.5. The highest BCUT2D eigenvalue weighted by molar-refractivity contribution is 6.01. The second-order valence-corrected chi connectivity index (χ2v) is 4.40. The summed E-state index contributed by atoms with van der Waals surface area (Å²) in [5.74, 6) is 0.626. The number of carbonyl (C=O) groups is 1. The highest BCUT2D eigenvalue weighted by Gasteiger charge is 2.15. The topological polar surface area (TPSA) is 73.8 Å². The van der Waals surface area contributed by atoms with Crippen LogP contribution in [0.2, 0.25) is 0 Å². The van der Waals surface area contributed by atoms with Gasteiger partial charge in [0.15, 0.2) is 5.78 Å². The van der Waals surface area contributed by atoms with Gasteiger partial charge in [-0.05, 0) is 26.0 Å². The van der Waals surface area contributed by atoms with E-state index in [-0.39, 0.29) is 18.2 Å². The van der Waals surface area contributed by atoms with Crippen LogP contribution >= 0.6 is 0 Å². The number of nitrogen functional groups attached to an aromatic ring is 1. The molecule has 0 aliphatic carbocycles. The van der Waals surface area contributed by atoms with E-state index >= 15 is 0 Å². The SMILES string of the molecule is CC(C)n1ncnc1CC(=O)c1ccccc1N. The largest absolute Gasteiger partial charge is 0.398 e. The fourth-order valence-electron chi connectivity index (χ4n) is 1.82. The van der Waals surface area contributed by atoms with E-state index in [1.165, 1.54) is 6.33 Å². The van der Waals surface area contributed by atoms with Gasteiger partial charge in [0.25, 0.3) is 0 Å². The van der Waals surface area contributed by atoms with Crippen molar-refractivity contribution < 1.29 is 4.79 Å². The first-order valence-electron chi connectivity index (χ1n) is 5.85. The molecule has 0 bridgehead atoms. The Labute approximate surface area is 106 Å². The van der Waals surface area contributed by atoms with Crippen molar-refractivity contribution >= 4 is 11.5 Å². The fourth-order valence-corrected chi connectivity index (χ4v) is 1.82. The van der Waals surface area contributed by atoms with Gasteiger partial charge >= 0.3 is 0 Å². The Balaban J connectivity index is 2.22. The third-order valence-electron chi connectivity index (χ3n) is 2.72. The Morgan fingerprint density at radius 3 is 2.78 bits per heavy atom. The number of rotatable bonds is 4. The number of ketones is 1. The van der Waals surface area contributed by atoms with Crippen molar-refractivity contribution in [1.29, 1.82) is 0 Å². The van der Waals surface area contributed by atoms with Crippen molar-refractivity contribution in [2.24, 2.45) is 0 Å². The third-order valence-corrected chi connectivity index (χ3v) is 2.72. The van der Waals surface area contributed by atoms with Gasteiger partial charge in [0.2, 0.25) is 0 Å². The molecule has 0 radical (unpaired) electrons. The molecule has 0 fully saturated rings. The van der Waals surface area contributed by atoms with Gasteiger partial charge in [0.1, 0.15) is 12.2 Å². The number of para-hydroxylation sites is 1.